The average molecular weight is 350 g/mol. The molecule has 3 rings (SSSR count). The van der Waals surface area contributed by atoms with Crippen molar-refractivity contribution in [3.63, 3.8) is 0 Å². The van der Waals surface area contributed by atoms with E-state index in [2.05, 4.69) is 35.5 Å². The number of nitrogens with one attached hydrogen (secondary N) is 1. The summed E-state index contributed by atoms with van der Waals surface area (Å²) in [6, 6.07) is 13.5. The molecule has 0 aliphatic heterocycles. The van der Waals surface area contributed by atoms with Crippen molar-refractivity contribution < 1.29 is 9.30 Å². The Morgan fingerprint density at radius 1 is 1.13 bits per heavy atom. The van der Waals surface area contributed by atoms with Gasteiger partial charge < -0.3 is 4.74 Å². The van der Waals surface area contributed by atoms with Crippen LogP contribution in [0.5, 0.6) is 5.75 Å². The molecule has 0 unspecified atom stereocenters. The molecule has 2 aromatic carbocycles. The van der Waals surface area contributed by atoms with Gasteiger partial charge in [-0.05, 0) is 36.2 Å². The first kappa shape index (κ1) is 16.2. The summed E-state index contributed by atoms with van der Waals surface area (Å²) in [7, 11) is 0. The number of aromatic amines is 1. The molecule has 3 nitrogen and oxygen atoms in total. The lowest BCUT2D eigenvalue weighted by molar-refractivity contribution is -0.685. The summed E-state index contributed by atoms with van der Waals surface area (Å²) in [5, 5.41) is 1.12. The molecule has 120 valence electrons. The predicted molar refractivity (Wildman–Crippen MR) is 94.1 cm³/mol. The van der Waals surface area contributed by atoms with E-state index >= 15 is 0 Å². The first-order valence-electron chi connectivity index (χ1n) is 7.62. The predicted octanol–water partition coefficient (Wildman–Crippen LogP) is 5.00. The lowest BCUT2D eigenvalue weighted by Gasteiger charge is -2.08. The summed E-state index contributed by atoms with van der Waals surface area (Å²) in [4.78, 5) is 3.44. The van der Waals surface area contributed by atoms with Gasteiger partial charge in [-0.15, -0.1) is 0 Å². The van der Waals surface area contributed by atoms with Crippen LogP contribution in [0.4, 0.5) is 0 Å². The quantitative estimate of drug-likeness (QED) is 0.645. The van der Waals surface area contributed by atoms with Gasteiger partial charge in [-0.25, -0.2) is 9.55 Å². The third-order valence-corrected chi connectivity index (χ3v) is 4.14. The van der Waals surface area contributed by atoms with E-state index in [0.29, 0.717) is 28.3 Å². The minimum absolute atomic E-state index is 0.419. The number of aromatic nitrogens is 2. The second-order valence-electron chi connectivity index (χ2n) is 5.96. The van der Waals surface area contributed by atoms with Gasteiger partial charge in [0.1, 0.15) is 5.75 Å². The van der Waals surface area contributed by atoms with Crippen molar-refractivity contribution in [2.24, 2.45) is 5.92 Å². The number of rotatable bonds is 5. The SMILES string of the molecule is CC(C)C[n+]1c(COc2ccc(Cl)cc2Cl)[nH]c2ccccc21. The van der Waals surface area contributed by atoms with Crippen molar-refractivity contribution >= 4 is 34.2 Å². The van der Waals surface area contributed by atoms with Crippen LogP contribution < -0.4 is 9.30 Å². The van der Waals surface area contributed by atoms with E-state index < -0.39 is 0 Å². The van der Waals surface area contributed by atoms with Crippen molar-refractivity contribution in [1.82, 2.24) is 4.98 Å². The highest BCUT2D eigenvalue weighted by molar-refractivity contribution is 6.35. The van der Waals surface area contributed by atoms with Crippen molar-refractivity contribution in [3.8, 4) is 5.75 Å². The molecule has 0 radical (unpaired) electrons. The molecule has 0 spiro atoms. The summed E-state index contributed by atoms with van der Waals surface area (Å²) in [6.45, 7) is 5.75. The van der Waals surface area contributed by atoms with E-state index in [4.69, 9.17) is 27.9 Å². The fourth-order valence-electron chi connectivity index (χ4n) is 2.61. The minimum Gasteiger partial charge on any atom is -0.479 e. The van der Waals surface area contributed by atoms with Gasteiger partial charge in [0.2, 0.25) is 0 Å². The minimum atomic E-state index is 0.419. The highest BCUT2D eigenvalue weighted by Crippen LogP contribution is 2.28. The molecule has 5 heteroatoms. The molecule has 0 saturated heterocycles. The Balaban J connectivity index is 1.89. The molecule has 3 aromatic rings. The largest absolute Gasteiger partial charge is 0.479 e. The molecule has 23 heavy (non-hydrogen) atoms. The van der Waals surface area contributed by atoms with Crippen LogP contribution in [0, 0.1) is 5.92 Å². The van der Waals surface area contributed by atoms with Gasteiger partial charge in [-0.2, -0.15) is 0 Å². The molecule has 1 N–H and O–H groups in total. The van der Waals surface area contributed by atoms with Crippen LogP contribution in [0.3, 0.4) is 0 Å². The average Bonchev–Trinajstić information content (AvgIpc) is 2.84. The molecule has 0 atom stereocenters. The van der Waals surface area contributed by atoms with Crippen LogP contribution in [-0.2, 0) is 13.2 Å². The molecular formula is C18H19Cl2N2O+. The fourth-order valence-corrected chi connectivity index (χ4v) is 3.07. The Labute approximate surface area is 145 Å². The summed E-state index contributed by atoms with van der Waals surface area (Å²) >= 11 is 12.1. The molecule has 1 heterocycles. The smallest absolute Gasteiger partial charge is 0.293 e. The monoisotopic (exact) mass is 349 g/mol. The molecule has 0 aliphatic carbocycles. The van der Waals surface area contributed by atoms with Crippen LogP contribution in [0.25, 0.3) is 11.0 Å². The summed E-state index contributed by atoms with van der Waals surface area (Å²) in [5.41, 5.74) is 2.29. The maximum atomic E-state index is 6.17. The van der Waals surface area contributed by atoms with Gasteiger partial charge in [0.15, 0.2) is 17.6 Å². The van der Waals surface area contributed by atoms with Gasteiger partial charge >= 0.3 is 0 Å². The van der Waals surface area contributed by atoms with E-state index in [1.807, 2.05) is 12.1 Å². The second-order valence-corrected chi connectivity index (χ2v) is 6.80. The first-order chi connectivity index (χ1) is 11.0. The number of benzene rings is 2. The van der Waals surface area contributed by atoms with Crippen LogP contribution >= 0.6 is 23.2 Å². The topological polar surface area (TPSA) is 28.9 Å². The third kappa shape index (κ3) is 3.62. The lowest BCUT2D eigenvalue weighted by atomic mass is 10.2. The maximum absolute atomic E-state index is 6.17. The normalized spacial score (nSPS) is 11.3. The van der Waals surface area contributed by atoms with E-state index in [0.717, 1.165) is 17.9 Å². The van der Waals surface area contributed by atoms with Gasteiger partial charge in [-0.1, -0.05) is 49.2 Å². The number of halogens is 2. The molecule has 0 saturated carbocycles. The second kappa shape index (κ2) is 6.81. The number of ether oxygens (including phenoxy) is 1. The highest BCUT2D eigenvalue weighted by Gasteiger charge is 2.19. The number of nitrogens with zero attached hydrogens (tertiary/aromatic N) is 1. The highest BCUT2D eigenvalue weighted by atomic mass is 35.5. The van der Waals surface area contributed by atoms with Crippen molar-refractivity contribution in [3.05, 3.63) is 58.3 Å². The number of para-hydroxylation sites is 2. The van der Waals surface area contributed by atoms with E-state index in [1.165, 1.54) is 5.52 Å². The zero-order valence-electron chi connectivity index (χ0n) is 13.1. The maximum Gasteiger partial charge on any atom is 0.293 e. The van der Waals surface area contributed by atoms with E-state index in [9.17, 15) is 0 Å². The first-order valence-corrected chi connectivity index (χ1v) is 8.37. The Hall–Kier alpha value is -1.71. The lowest BCUT2D eigenvalue weighted by Crippen LogP contribution is -2.40. The zero-order valence-corrected chi connectivity index (χ0v) is 14.7. The van der Waals surface area contributed by atoms with E-state index in [1.54, 1.807) is 18.2 Å². The fraction of sp³-hybridized carbons (Fsp3) is 0.278. The molecule has 0 aliphatic rings. The number of hydrogen-bond acceptors (Lipinski definition) is 1. The number of imidazole rings is 1. The molecule has 0 fully saturated rings. The van der Waals surface area contributed by atoms with Crippen LogP contribution in [0.15, 0.2) is 42.5 Å². The Morgan fingerprint density at radius 2 is 1.91 bits per heavy atom. The summed E-state index contributed by atoms with van der Waals surface area (Å²) in [5.74, 6) is 2.19. The van der Waals surface area contributed by atoms with Gasteiger partial charge in [-0.3, -0.25) is 0 Å². The molecule has 1 aromatic heterocycles. The number of H-pyrrole nitrogens is 1. The van der Waals surface area contributed by atoms with Gasteiger partial charge in [0.05, 0.1) is 11.6 Å². The Morgan fingerprint density at radius 3 is 2.65 bits per heavy atom. The van der Waals surface area contributed by atoms with Crippen LogP contribution in [0.1, 0.15) is 19.7 Å². The van der Waals surface area contributed by atoms with Crippen molar-refractivity contribution in [2.75, 3.05) is 0 Å². The Bertz CT molecular complexity index is 827. The summed E-state index contributed by atoms with van der Waals surface area (Å²) in [6.07, 6.45) is 0. The number of fused-ring (bicyclic) bond motifs is 1. The molecule has 0 amide bonds. The third-order valence-electron chi connectivity index (χ3n) is 3.61. The zero-order chi connectivity index (χ0) is 16.4. The van der Waals surface area contributed by atoms with Crippen molar-refractivity contribution in [2.45, 2.75) is 27.0 Å². The van der Waals surface area contributed by atoms with Crippen LogP contribution in [0.2, 0.25) is 10.0 Å². The Kier molecular flexibility index (Phi) is 4.79. The van der Waals surface area contributed by atoms with Crippen molar-refractivity contribution in [1.29, 1.82) is 0 Å². The summed E-state index contributed by atoms with van der Waals surface area (Å²) < 4.78 is 8.15. The van der Waals surface area contributed by atoms with Gasteiger partial charge in [0, 0.05) is 5.02 Å². The van der Waals surface area contributed by atoms with Gasteiger partial charge in [0.25, 0.3) is 5.82 Å². The molecule has 0 bridgehead atoms. The van der Waals surface area contributed by atoms with E-state index in [-0.39, 0.29) is 0 Å². The standard InChI is InChI=1S/C18H18Cl2N2O/c1-12(2)10-22-16-6-4-3-5-15(16)21-18(22)11-23-17-8-7-13(19)9-14(17)20/h3-9,12H,10-11H2,1-2H3/p+1. The van der Waals surface area contributed by atoms with Crippen LogP contribution in [-0.4, -0.2) is 4.98 Å². The number of hydrogen-bond donors (Lipinski definition) is 1. The molecular weight excluding hydrogens is 331 g/mol.